The van der Waals surface area contributed by atoms with Gasteiger partial charge in [-0.1, -0.05) is 29.8 Å². The Hall–Kier alpha value is -2.25. The standard InChI is InChI=1S/C20H18ClF3N2O2/c1-25-16-10-26(9-12-4-2-3-5-15(12)21)11-18(16)28-17-7-6-13(20(22,23)24)8-14(17)19(25)27/h2-8,16,18H,9-11H2,1H3. The van der Waals surface area contributed by atoms with E-state index in [1.165, 1.54) is 11.0 Å². The SMILES string of the molecule is CN1C(=O)c2cc(C(F)(F)F)ccc2OC2CN(Cc3ccccc3Cl)CC21. The van der Waals surface area contributed by atoms with Crippen molar-refractivity contribution in [1.82, 2.24) is 9.80 Å². The van der Waals surface area contributed by atoms with E-state index in [1.54, 1.807) is 7.05 Å². The molecule has 0 aliphatic carbocycles. The molecule has 8 heteroatoms. The molecule has 0 bridgehead atoms. The number of halogens is 4. The van der Waals surface area contributed by atoms with Crippen LogP contribution < -0.4 is 4.74 Å². The van der Waals surface area contributed by atoms with E-state index < -0.39 is 17.6 Å². The zero-order valence-corrected chi connectivity index (χ0v) is 15.8. The summed E-state index contributed by atoms with van der Waals surface area (Å²) in [7, 11) is 1.61. The summed E-state index contributed by atoms with van der Waals surface area (Å²) >= 11 is 6.24. The number of fused-ring (bicyclic) bond motifs is 2. The van der Waals surface area contributed by atoms with Gasteiger partial charge in [-0.25, -0.2) is 0 Å². The highest BCUT2D eigenvalue weighted by atomic mass is 35.5. The van der Waals surface area contributed by atoms with Gasteiger partial charge in [0, 0.05) is 31.7 Å². The van der Waals surface area contributed by atoms with Crippen molar-refractivity contribution in [2.24, 2.45) is 0 Å². The molecule has 1 fully saturated rings. The van der Waals surface area contributed by atoms with Crippen LogP contribution in [0, 0.1) is 0 Å². The van der Waals surface area contributed by atoms with E-state index >= 15 is 0 Å². The van der Waals surface area contributed by atoms with Gasteiger partial charge < -0.3 is 9.64 Å². The molecular weight excluding hydrogens is 393 g/mol. The number of benzene rings is 2. The molecule has 0 saturated carbocycles. The summed E-state index contributed by atoms with van der Waals surface area (Å²) in [5.74, 6) is -0.273. The first-order chi connectivity index (χ1) is 13.2. The first kappa shape index (κ1) is 19.1. The molecule has 2 aromatic rings. The lowest BCUT2D eigenvalue weighted by atomic mass is 10.1. The second kappa shape index (κ2) is 6.97. The third-order valence-corrected chi connectivity index (χ3v) is 5.67. The van der Waals surface area contributed by atoms with Crippen LogP contribution in [0.15, 0.2) is 42.5 Å². The average Bonchev–Trinajstić information content (AvgIpc) is 3.00. The minimum absolute atomic E-state index is 0.0515. The van der Waals surface area contributed by atoms with Crippen molar-refractivity contribution in [3.8, 4) is 5.75 Å². The Bertz CT molecular complexity index is 919. The van der Waals surface area contributed by atoms with Crippen molar-refractivity contribution in [3.05, 3.63) is 64.2 Å². The minimum Gasteiger partial charge on any atom is -0.486 e. The fraction of sp³-hybridized carbons (Fsp3) is 0.350. The third-order valence-electron chi connectivity index (χ3n) is 5.30. The van der Waals surface area contributed by atoms with Crippen molar-refractivity contribution in [2.75, 3.05) is 20.1 Å². The van der Waals surface area contributed by atoms with E-state index in [2.05, 4.69) is 4.90 Å². The number of likely N-dealkylation sites (tertiary alicyclic amines) is 1. The molecule has 4 rings (SSSR count). The molecule has 148 valence electrons. The fourth-order valence-corrected chi connectivity index (χ4v) is 3.99. The van der Waals surface area contributed by atoms with Gasteiger partial charge >= 0.3 is 6.18 Å². The van der Waals surface area contributed by atoms with Gasteiger partial charge in [-0.3, -0.25) is 9.69 Å². The Morgan fingerprint density at radius 2 is 1.93 bits per heavy atom. The lowest BCUT2D eigenvalue weighted by Crippen LogP contribution is -2.44. The maximum atomic E-state index is 13.0. The molecule has 4 nitrogen and oxygen atoms in total. The predicted octanol–water partition coefficient (Wildman–Crippen LogP) is 4.08. The topological polar surface area (TPSA) is 32.8 Å². The molecular formula is C20H18ClF3N2O2. The maximum absolute atomic E-state index is 13.0. The highest BCUT2D eigenvalue weighted by molar-refractivity contribution is 6.31. The van der Waals surface area contributed by atoms with Gasteiger partial charge in [-0.15, -0.1) is 0 Å². The van der Waals surface area contributed by atoms with Gasteiger partial charge in [-0.05, 0) is 29.8 Å². The van der Waals surface area contributed by atoms with E-state index in [-0.39, 0.29) is 23.5 Å². The second-order valence-electron chi connectivity index (χ2n) is 7.13. The van der Waals surface area contributed by atoms with Crippen LogP contribution in [0.2, 0.25) is 5.02 Å². The van der Waals surface area contributed by atoms with E-state index in [0.717, 1.165) is 17.7 Å². The summed E-state index contributed by atoms with van der Waals surface area (Å²) in [4.78, 5) is 16.4. The van der Waals surface area contributed by atoms with Gasteiger partial charge in [0.1, 0.15) is 11.9 Å². The quantitative estimate of drug-likeness (QED) is 0.748. The smallest absolute Gasteiger partial charge is 0.416 e. The number of hydrogen-bond donors (Lipinski definition) is 0. The molecule has 0 radical (unpaired) electrons. The van der Waals surface area contributed by atoms with Crippen LogP contribution in [0.4, 0.5) is 13.2 Å². The molecule has 0 N–H and O–H groups in total. The lowest BCUT2D eigenvalue weighted by molar-refractivity contribution is -0.137. The molecule has 1 saturated heterocycles. The first-order valence-electron chi connectivity index (χ1n) is 8.85. The third kappa shape index (κ3) is 3.44. The monoisotopic (exact) mass is 410 g/mol. The van der Waals surface area contributed by atoms with Gasteiger partial charge in [0.2, 0.25) is 0 Å². The number of nitrogens with zero attached hydrogens (tertiary/aromatic N) is 2. The summed E-state index contributed by atoms with van der Waals surface area (Å²) in [5.41, 5.74) is 0.0678. The molecule has 0 aromatic heterocycles. The lowest BCUT2D eigenvalue weighted by Gasteiger charge is -2.25. The van der Waals surface area contributed by atoms with Crippen molar-refractivity contribution < 1.29 is 22.7 Å². The van der Waals surface area contributed by atoms with Crippen LogP contribution in [-0.4, -0.2) is 48.0 Å². The largest absolute Gasteiger partial charge is 0.486 e. The predicted molar refractivity (Wildman–Crippen MR) is 98.5 cm³/mol. The van der Waals surface area contributed by atoms with Crippen LogP contribution in [0.1, 0.15) is 21.5 Å². The molecule has 2 aromatic carbocycles. The Morgan fingerprint density at radius 3 is 2.64 bits per heavy atom. The molecule has 0 spiro atoms. The van der Waals surface area contributed by atoms with E-state index in [9.17, 15) is 18.0 Å². The number of alkyl halides is 3. The molecule has 28 heavy (non-hydrogen) atoms. The van der Waals surface area contributed by atoms with Crippen LogP contribution >= 0.6 is 11.6 Å². The number of amides is 1. The average molecular weight is 411 g/mol. The fourth-order valence-electron chi connectivity index (χ4n) is 3.80. The van der Waals surface area contributed by atoms with Crippen molar-refractivity contribution in [2.45, 2.75) is 24.9 Å². The van der Waals surface area contributed by atoms with Crippen LogP contribution in [-0.2, 0) is 12.7 Å². The summed E-state index contributed by atoms with van der Waals surface area (Å²) in [6.45, 7) is 1.71. The summed E-state index contributed by atoms with van der Waals surface area (Å²) in [6.07, 6.45) is -4.84. The van der Waals surface area contributed by atoms with E-state index in [0.29, 0.717) is 24.7 Å². The Morgan fingerprint density at radius 1 is 1.18 bits per heavy atom. The van der Waals surface area contributed by atoms with Gasteiger partial charge in [0.15, 0.2) is 0 Å². The zero-order chi connectivity index (χ0) is 20.1. The number of rotatable bonds is 2. The Balaban J connectivity index is 1.59. The van der Waals surface area contributed by atoms with Crippen LogP contribution in [0.5, 0.6) is 5.75 Å². The molecule has 2 unspecified atom stereocenters. The number of carbonyl (C=O) groups is 1. The molecule has 1 amide bonds. The summed E-state index contributed by atoms with van der Waals surface area (Å²) in [5, 5.41) is 0.671. The van der Waals surface area contributed by atoms with Crippen LogP contribution in [0.3, 0.4) is 0 Å². The zero-order valence-electron chi connectivity index (χ0n) is 15.0. The van der Waals surface area contributed by atoms with Crippen molar-refractivity contribution in [1.29, 1.82) is 0 Å². The van der Waals surface area contributed by atoms with E-state index in [4.69, 9.17) is 16.3 Å². The molecule has 2 heterocycles. The summed E-state index contributed by atoms with van der Waals surface area (Å²) < 4.78 is 45.0. The molecule has 2 atom stereocenters. The second-order valence-corrected chi connectivity index (χ2v) is 7.54. The maximum Gasteiger partial charge on any atom is 0.416 e. The minimum atomic E-state index is -4.51. The Labute approximate surface area is 165 Å². The van der Waals surface area contributed by atoms with Crippen LogP contribution in [0.25, 0.3) is 0 Å². The number of likely N-dealkylation sites (N-methyl/N-ethyl adjacent to an activating group) is 1. The number of hydrogen-bond acceptors (Lipinski definition) is 3. The van der Waals surface area contributed by atoms with Crippen molar-refractivity contribution >= 4 is 17.5 Å². The number of carbonyl (C=O) groups excluding carboxylic acids is 1. The van der Waals surface area contributed by atoms with Gasteiger partial charge in [0.05, 0.1) is 17.2 Å². The van der Waals surface area contributed by atoms with Crippen molar-refractivity contribution in [3.63, 3.8) is 0 Å². The van der Waals surface area contributed by atoms with Gasteiger partial charge in [-0.2, -0.15) is 13.2 Å². The van der Waals surface area contributed by atoms with E-state index in [1.807, 2.05) is 24.3 Å². The first-order valence-corrected chi connectivity index (χ1v) is 9.22. The summed E-state index contributed by atoms with van der Waals surface area (Å²) in [6, 6.07) is 10.4. The molecule has 2 aliphatic rings. The van der Waals surface area contributed by atoms with Gasteiger partial charge in [0.25, 0.3) is 5.91 Å². The molecule has 2 aliphatic heterocycles. The number of ether oxygens (including phenoxy) is 1. The highest BCUT2D eigenvalue weighted by Gasteiger charge is 2.43. The highest BCUT2D eigenvalue weighted by Crippen LogP contribution is 2.36. The normalized spacial score (nSPS) is 22.5. The Kier molecular flexibility index (Phi) is 4.75.